The van der Waals surface area contributed by atoms with E-state index in [4.69, 9.17) is 9.98 Å². The minimum Gasteiger partial charge on any atom is -0.288 e. The fourth-order valence-corrected chi connectivity index (χ4v) is 2.93. The summed E-state index contributed by atoms with van der Waals surface area (Å²) in [6.45, 7) is 2.07. The molecule has 0 amide bonds. The molecule has 0 saturated heterocycles. The summed E-state index contributed by atoms with van der Waals surface area (Å²) in [4.78, 5) is 9.71. The Bertz CT molecular complexity index is 261. The summed E-state index contributed by atoms with van der Waals surface area (Å²) in [7, 11) is 0. The fourth-order valence-electron chi connectivity index (χ4n) is 2.93. The second-order valence-electron chi connectivity index (χ2n) is 5.69. The van der Waals surface area contributed by atoms with Gasteiger partial charge in [0, 0.05) is 13.1 Å². The summed E-state index contributed by atoms with van der Waals surface area (Å²) in [5.41, 5.74) is 2.72. The first-order chi connectivity index (χ1) is 8.97. The van der Waals surface area contributed by atoms with Gasteiger partial charge in [0.1, 0.15) is 0 Å². The van der Waals surface area contributed by atoms with Crippen LogP contribution in [-0.4, -0.2) is 24.5 Å². The molecule has 0 saturated carbocycles. The molecule has 2 nitrogen and oxygen atoms in total. The Hall–Kier alpha value is -0.660. The zero-order valence-corrected chi connectivity index (χ0v) is 11.8. The Kier molecular flexibility index (Phi) is 6.46. The van der Waals surface area contributed by atoms with Crippen LogP contribution in [0, 0.1) is 0 Å². The molecule has 18 heavy (non-hydrogen) atoms. The molecule has 102 valence electrons. The monoisotopic (exact) mass is 248 g/mol. The van der Waals surface area contributed by atoms with E-state index in [0.29, 0.717) is 0 Å². The first kappa shape index (κ1) is 13.8. The summed E-state index contributed by atoms with van der Waals surface area (Å²) in [5.74, 6) is 0. The van der Waals surface area contributed by atoms with Gasteiger partial charge >= 0.3 is 0 Å². The van der Waals surface area contributed by atoms with Crippen molar-refractivity contribution in [3.63, 3.8) is 0 Å². The molecule has 0 atom stereocenters. The lowest BCUT2D eigenvalue weighted by atomic mass is 10.0. The van der Waals surface area contributed by atoms with E-state index < -0.39 is 0 Å². The van der Waals surface area contributed by atoms with Crippen LogP contribution in [0.1, 0.15) is 77.0 Å². The SMILES string of the molecule is C1CCCN=C(C2=NCCCCCCC2)CCC1. The van der Waals surface area contributed by atoms with Gasteiger partial charge in [-0.1, -0.05) is 38.5 Å². The minimum absolute atomic E-state index is 1.04. The zero-order valence-electron chi connectivity index (χ0n) is 11.8. The molecule has 2 heteroatoms. The van der Waals surface area contributed by atoms with Gasteiger partial charge in [-0.05, 0) is 38.5 Å². The van der Waals surface area contributed by atoms with E-state index in [9.17, 15) is 0 Å². The van der Waals surface area contributed by atoms with Crippen molar-refractivity contribution in [2.75, 3.05) is 13.1 Å². The largest absolute Gasteiger partial charge is 0.288 e. The topological polar surface area (TPSA) is 24.7 Å². The maximum absolute atomic E-state index is 4.86. The van der Waals surface area contributed by atoms with Crippen LogP contribution < -0.4 is 0 Å². The van der Waals surface area contributed by atoms with Gasteiger partial charge in [0.2, 0.25) is 0 Å². The first-order valence-electron chi connectivity index (χ1n) is 8.04. The van der Waals surface area contributed by atoms with Gasteiger partial charge in [0.15, 0.2) is 0 Å². The Morgan fingerprint density at radius 3 is 1.33 bits per heavy atom. The second kappa shape index (κ2) is 8.44. The first-order valence-corrected chi connectivity index (χ1v) is 8.04. The van der Waals surface area contributed by atoms with Gasteiger partial charge in [-0.25, -0.2) is 0 Å². The highest BCUT2D eigenvalue weighted by Crippen LogP contribution is 2.15. The van der Waals surface area contributed by atoms with Crippen molar-refractivity contribution in [2.45, 2.75) is 77.0 Å². The van der Waals surface area contributed by atoms with E-state index in [2.05, 4.69) is 0 Å². The van der Waals surface area contributed by atoms with Gasteiger partial charge in [-0.2, -0.15) is 0 Å². The summed E-state index contributed by atoms with van der Waals surface area (Å²) < 4.78 is 0. The molecule has 0 unspecified atom stereocenters. The summed E-state index contributed by atoms with van der Waals surface area (Å²) in [6.07, 6.45) is 15.8. The average Bonchev–Trinajstić information content (AvgIpc) is 2.61. The van der Waals surface area contributed by atoms with Crippen molar-refractivity contribution in [2.24, 2.45) is 9.98 Å². The van der Waals surface area contributed by atoms with Crippen LogP contribution in [0.4, 0.5) is 0 Å². The summed E-state index contributed by atoms with van der Waals surface area (Å²) >= 11 is 0. The third-order valence-electron chi connectivity index (χ3n) is 4.08. The van der Waals surface area contributed by atoms with E-state index in [1.54, 1.807) is 0 Å². The lowest BCUT2D eigenvalue weighted by molar-refractivity contribution is 0.638. The molecule has 2 rings (SSSR count). The predicted molar refractivity (Wildman–Crippen MR) is 80.0 cm³/mol. The molecular formula is C16H28N2. The molecule has 0 aliphatic carbocycles. The van der Waals surface area contributed by atoms with Crippen LogP contribution in [0.25, 0.3) is 0 Å². The number of hydrogen-bond acceptors (Lipinski definition) is 2. The van der Waals surface area contributed by atoms with Crippen LogP contribution in [0.15, 0.2) is 9.98 Å². The van der Waals surface area contributed by atoms with Crippen molar-refractivity contribution in [1.29, 1.82) is 0 Å². The maximum atomic E-state index is 4.86. The molecule has 0 radical (unpaired) electrons. The molecule has 0 bridgehead atoms. The molecule has 2 aliphatic rings. The lowest BCUT2D eigenvalue weighted by Gasteiger charge is -2.09. The molecule has 2 heterocycles. The van der Waals surface area contributed by atoms with Crippen molar-refractivity contribution < 1.29 is 0 Å². The van der Waals surface area contributed by atoms with Crippen LogP contribution in [0.5, 0.6) is 0 Å². The standard InChI is InChI=1S/C16H28N2/c1-3-7-11-15(17-13-9-5-1)16-12-8-4-2-6-10-14-18-16/h1-14H2. The Balaban J connectivity index is 1.99. The smallest absolute Gasteiger partial charge is 0.0558 e. The molecule has 0 aromatic heterocycles. The molecule has 0 aromatic carbocycles. The maximum Gasteiger partial charge on any atom is 0.0558 e. The molecule has 0 spiro atoms. The average molecular weight is 248 g/mol. The normalized spacial score (nSPS) is 24.4. The van der Waals surface area contributed by atoms with E-state index in [1.807, 2.05) is 0 Å². The lowest BCUT2D eigenvalue weighted by Crippen LogP contribution is -2.15. The summed E-state index contributed by atoms with van der Waals surface area (Å²) in [6, 6.07) is 0. The number of aliphatic imine (C=N–C) groups is 2. The Morgan fingerprint density at radius 2 is 0.833 bits per heavy atom. The van der Waals surface area contributed by atoms with Crippen molar-refractivity contribution in [3.8, 4) is 0 Å². The highest BCUT2D eigenvalue weighted by molar-refractivity contribution is 6.42. The number of rotatable bonds is 1. The molecule has 0 aromatic rings. The zero-order chi connectivity index (χ0) is 12.5. The third-order valence-corrected chi connectivity index (χ3v) is 4.08. The molecular weight excluding hydrogens is 220 g/mol. The van der Waals surface area contributed by atoms with Crippen LogP contribution >= 0.6 is 0 Å². The van der Waals surface area contributed by atoms with Gasteiger partial charge in [0.05, 0.1) is 11.4 Å². The van der Waals surface area contributed by atoms with Crippen molar-refractivity contribution in [3.05, 3.63) is 0 Å². The van der Waals surface area contributed by atoms with Crippen LogP contribution in [0.3, 0.4) is 0 Å². The third kappa shape index (κ3) is 4.91. The van der Waals surface area contributed by atoms with Crippen LogP contribution in [-0.2, 0) is 0 Å². The minimum atomic E-state index is 1.04. The summed E-state index contributed by atoms with van der Waals surface area (Å²) in [5, 5.41) is 0. The van der Waals surface area contributed by atoms with Gasteiger partial charge < -0.3 is 0 Å². The molecule has 0 fully saturated rings. The number of hydrogen-bond donors (Lipinski definition) is 0. The van der Waals surface area contributed by atoms with Crippen molar-refractivity contribution in [1.82, 2.24) is 0 Å². The van der Waals surface area contributed by atoms with E-state index in [1.165, 1.54) is 88.5 Å². The van der Waals surface area contributed by atoms with E-state index >= 15 is 0 Å². The Morgan fingerprint density at radius 1 is 0.444 bits per heavy atom. The van der Waals surface area contributed by atoms with E-state index in [0.717, 1.165) is 13.1 Å². The molecule has 0 N–H and O–H groups in total. The quantitative estimate of drug-likeness (QED) is 0.649. The van der Waals surface area contributed by atoms with Gasteiger partial charge in [-0.15, -0.1) is 0 Å². The number of nitrogens with zero attached hydrogens (tertiary/aromatic N) is 2. The Labute approximate surface area is 112 Å². The predicted octanol–water partition coefficient (Wildman–Crippen LogP) is 4.58. The van der Waals surface area contributed by atoms with Crippen LogP contribution in [0.2, 0.25) is 0 Å². The second-order valence-corrected chi connectivity index (χ2v) is 5.69. The van der Waals surface area contributed by atoms with Gasteiger partial charge in [-0.3, -0.25) is 9.98 Å². The van der Waals surface area contributed by atoms with Gasteiger partial charge in [0.25, 0.3) is 0 Å². The fraction of sp³-hybridized carbons (Fsp3) is 0.875. The van der Waals surface area contributed by atoms with E-state index in [-0.39, 0.29) is 0 Å². The highest BCUT2D eigenvalue weighted by Gasteiger charge is 2.11. The highest BCUT2D eigenvalue weighted by atomic mass is 14.8. The molecule has 2 aliphatic heterocycles. The van der Waals surface area contributed by atoms with Crippen molar-refractivity contribution >= 4 is 11.4 Å².